The fourth-order valence-corrected chi connectivity index (χ4v) is 2.94. The molecule has 0 bridgehead atoms. The third-order valence-electron chi connectivity index (χ3n) is 4.34. The summed E-state index contributed by atoms with van der Waals surface area (Å²) in [5, 5.41) is 7.62. The molecule has 0 aliphatic rings. The highest BCUT2D eigenvalue weighted by Gasteiger charge is 2.16. The van der Waals surface area contributed by atoms with E-state index in [9.17, 15) is 0 Å². The van der Waals surface area contributed by atoms with E-state index in [2.05, 4.69) is 10.2 Å². The summed E-state index contributed by atoms with van der Waals surface area (Å²) in [6.07, 6.45) is 0. The van der Waals surface area contributed by atoms with E-state index in [1.54, 1.807) is 28.4 Å². The van der Waals surface area contributed by atoms with Gasteiger partial charge in [0, 0.05) is 16.7 Å². The van der Waals surface area contributed by atoms with E-state index in [1.165, 1.54) is 0 Å². The molecule has 1 heterocycles. The van der Waals surface area contributed by atoms with E-state index in [0.717, 1.165) is 28.1 Å². The van der Waals surface area contributed by atoms with Gasteiger partial charge in [-0.25, -0.2) is 0 Å². The number of H-pyrrole nitrogens is 1. The molecule has 2 aromatic carbocycles. The van der Waals surface area contributed by atoms with Crippen molar-refractivity contribution in [2.24, 2.45) is 0 Å². The molecular formula is C20H22N2O4. The van der Waals surface area contributed by atoms with Crippen LogP contribution in [0.15, 0.2) is 36.4 Å². The van der Waals surface area contributed by atoms with Gasteiger partial charge in [-0.05, 0) is 43.3 Å². The van der Waals surface area contributed by atoms with Crippen LogP contribution in [0.5, 0.6) is 23.0 Å². The second-order valence-electron chi connectivity index (χ2n) is 5.71. The predicted molar refractivity (Wildman–Crippen MR) is 100 cm³/mol. The van der Waals surface area contributed by atoms with Gasteiger partial charge in [0.2, 0.25) is 0 Å². The number of ether oxygens (including phenoxy) is 4. The van der Waals surface area contributed by atoms with E-state index in [4.69, 9.17) is 18.9 Å². The molecule has 0 amide bonds. The van der Waals surface area contributed by atoms with E-state index >= 15 is 0 Å². The standard InChI is InChI=1S/C20H22N2O4/c1-12-19(13-6-8-15(23-2)17(10-13)25-4)21-22-20(12)14-7-9-16(24-3)18(11-14)26-5/h6-11H,1-5H3,(H,21,22). The highest BCUT2D eigenvalue weighted by atomic mass is 16.5. The highest BCUT2D eigenvalue weighted by molar-refractivity contribution is 5.76. The lowest BCUT2D eigenvalue weighted by molar-refractivity contribution is 0.355. The zero-order valence-corrected chi connectivity index (χ0v) is 15.5. The Hall–Kier alpha value is -3.15. The van der Waals surface area contributed by atoms with Crippen molar-refractivity contribution >= 4 is 0 Å². The molecule has 0 aliphatic heterocycles. The second-order valence-corrected chi connectivity index (χ2v) is 5.71. The van der Waals surface area contributed by atoms with Crippen molar-refractivity contribution in [3.8, 4) is 45.5 Å². The molecule has 3 rings (SSSR count). The molecule has 26 heavy (non-hydrogen) atoms. The minimum atomic E-state index is 0.667. The number of hydrogen-bond donors (Lipinski definition) is 1. The molecule has 0 spiro atoms. The summed E-state index contributed by atoms with van der Waals surface area (Å²) in [5.41, 5.74) is 4.73. The summed E-state index contributed by atoms with van der Waals surface area (Å²) in [5.74, 6) is 2.71. The van der Waals surface area contributed by atoms with Crippen molar-refractivity contribution in [3.63, 3.8) is 0 Å². The van der Waals surface area contributed by atoms with Crippen molar-refractivity contribution in [1.82, 2.24) is 10.2 Å². The molecule has 0 unspecified atom stereocenters. The number of methoxy groups -OCH3 is 4. The molecule has 1 aromatic heterocycles. The van der Waals surface area contributed by atoms with Gasteiger partial charge >= 0.3 is 0 Å². The van der Waals surface area contributed by atoms with E-state index in [-0.39, 0.29) is 0 Å². The van der Waals surface area contributed by atoms with Crippen LogP contribution in [0.2, 0.25) is 0 Å². The van der Waals surface area contributed by atoms with E-state index in [0.29, 0.717) is 23.0 Å². The first kappa shape index (κ1) is 17.7. The Labute approximate surface area is 152 Å². The summed E-state index contributed by atoms with van der Waals surface area (Å²) in [6.45, 7) is 2.03. The van der Waals surface area contributed by atoms with Gasteiger partial charge < -0.3 is 18.9 Å². The molecular weight excluding hydrogens is 332 g/mol. The van der Waals surface area contributed by atoms with Crippen LogP contribution in [0.4, 0.5) is 0 Å². The zero-order chi connectivity index (χ0) is 18.7. The Kier molecular flexibility index (Phi) is 5.02. The maximum Gasteiger partial charge on any atom is 0.161 e. The zero-order valence-electron chi connectivity index (χ0n) is 15.5. The fourth-order valence-electron chi connectivity index (χ4n) is 2.94. The maximum absolute atomic E-state index is 5.40. The van der Waals surface area contributed by atoms with Crippen LogP contribution in [-0.4, -0.2) is 38.6 Å². The van der Waals surface area contributed by atoms with Crippen LogP contribution < -0.4 is 18.9 Å². The molecule has 0 saturated heterocycles. The number of rotatable bonds is 6. The lowest BCUT2D eigenvalue weighted by Crippen LogP contribution is -1.92. The van der Waals surface area contributed by atoms with Gasteiger partial charge in [-0.15, -0.1) is 0 Å². The first-order chi connectivity index (χ1) is 12.6. The SMILES string of the molecule is COc1ccc(-c2n[nH]c(-c3ccc(OC)c(OC)c3)c2C)cc1OC. The van der Waals surface area contributed by atoms with Crippen LogP contribution in [0.3, 0.4) is 0 Å². The van der Waals surface area contributed by atoms with Gasteiger partial charge in [0.25, 0.3) is 0 Å². The van der Waals surface area contributed by atoms with Crippen molar-refractivity contribution in [3.05, 3.63) is 42.0 Å². The Bertz CT molecular complexity index is 845. The average Bonchev–Trinajstić information content (AvgIpc) is 3.08. The van der Waals surface area contributed by atoms with E-state index < -0.39 is 0 Å². The van der Waals surface area contributed by atoms with Gasteiger partial charge in [0.15, 0.2) is 23.0 Å². The molecule has 0 fully saturated rings. The van der Waals surface area contributed by atoms with Crippen molar-refractivity contribution in [2.75, 3.05) is 28.4 Å². The first-order valence-corrected chi connectivity index (χ1v) is 8.12. The maximum atomic E-state index is 5.40. The number of nitrogens with zero attached hydrogens (tertiary/aromatic N) is 1. The van der Waals surface area contributed by atoms with Crippen LogP contribution in [0.1, 0.15) is 5.56 Å². The number of benzene rings is 2. The molecule has 0 radical (unpaired) electrons. The Morgan fingerprint density at radius 1 is 0.692 bits per heavy atom. The molecule has 136 valence electrons. The average molecular weight is 354 g/mol. The molecule has 1 N–H and O–H groups in total. The summed E-state index contributed by atoms with van der Waals surface area (Å²) in [4.78, 5) is 0. The van der Waals surface area contributed by atoms with E-state index in [1.807, 2.05) is 43.3 Å². The van der Waals surface area contributed by atoms with Crippen LogP contribution in [-0.2, 0) is 0 Å². The quantitative estimate of drug-likeness (QED) is 0.722. The lowest BCUT2D eigenvalue weighted by Gasteiger charge is -2.10. The molecule has 3 aromatic rings. The molecule has 6 heteroatoms. The van der Waals surface area contributed by atoms with Crippen molar-refractivity contribution in [2.45, 2.75) is 6.92 Å². The smallest absolute Gasteiger partial charge is 0.161 e. The fraction of sp³-hybridized carbons (Fsp3) is 0.250. The predicted octanol–water partition coefficient (Wildman–Crippen LogP) is 4.09. The second kappa shape index (κ2) is 7.39. The number of aromatic amines is 1. The van der Waals surface area contributed by atoms with Gasteiger partial charge in [-0.2, -0.15) is 5.10 Å². The van der Waals surface area contributed by atoms with Gasteiger partial charge in [-0.3, -0.25) is 5.10 Å². The normalized spacial score (nSPS) is 10.5. The summed E-state index contributed by atoms with van der Waals surface area (Å²) < 4.78 is 21.4. The largest absolute Gasteiger partial charge is 0.493 e. The van der Waals surface area contributed by atoms with Gasteiger partial charge in [0.05, 0.1) is 39.8 Å². The Morgan fingerprint density at radius 2 is 1.19 bits per heavy atom. The highest BCUT2D eigenvalue weighted by Crippen LogP contribution is 2.37. The third-order valence-corrected chi connectivity index (χ3v) is 4.34. The van der Waals surface area contributed by atoms with Crippen LogP contribution in [0, 0.1) is 6.92 Å². The van der Waals surface area contributed by atoms with Gasteiger partial charge in [-0.1, -0.05) is 0 Å². The number of nitrogens with one attached hydrogen (secondary N) is 1. The monoisotopic (exact) mass is 354 g/mol. The summed E-state index contributed by atoms with van der Waals surface area (Å²) >= 11 is 0. The minimum absolute atomic E-state index is 0.667. The number of hydrogen-bond acceptors (Lipinski definition) is 5. The molecule has 0 atom stereocenters. The Balaban J connectivity index is 2.03. The summed E-state index contributed by atoms with van der Waals surface area (Å²) in [7, 11) is 6.48. The molecule has 6 nitrogen and oxygen atoms in total. The Morgan fingerprint density at radius 3 is 1.73 bits per heavy atom. The van der Waals surface area contributed by atoms with Crippen LogP contribution in [0.25, 0.3) is 22.5 Å². The van der Waals surface area contributed by atoms with Crippen molar-refractivity contribution in [1.29, 1.82) is 0 Å². The van der Waals surface area contributed by atoms with Crippen molar-refractivity contribution < 1.29 is 18.9 Å². The summed E-state index contributed by atoms with van der Waals surface area (Å²) in [6, 6.07) is 11.5. The number of aromatic nitrogens is 2. The van der Waals surface area contributed by atoms with Crippen LogP contribution >= 0.6 is 0 Å². The lowest BCUT2D eigenvalue weighted by atomic mass is 10.0. The first-order valence-electron chi connectivity index (χ1n) is 8.12. The minimum Gasteiger partial charge on any atom is -0.493 e. The topological polar surface area (TPSA) is 65.6 Å². The molecule has 0 saturated carbocycles. The third kappa shape index (κ3) is 3.06. The van der Waals surface area contributed by atoms with Gasteiger partial charge in [0.1, 0.15) is 0 Å². The molecule has 0 aliphatic carbocycles.